The van der Waals surface area contributed by atoms with Crippen LogP contribution in [0.3, 0.4) is 0 Å². The van der Waals surface area contributed by atoms with E-state index in [0.29, 0.717) is 11.5 Å². The van der Waals surface area contributed by atoms with E-state index in [1.54, 1.807) is 12.3 Å². The van der Waals surface area contributed by atoms with Crippen LogP contribution in [0.25, 0.3) is 10.9 Å². The molecule has 0 bridgehead atoms. The fourth-order valence-electron chi connectivity index (χ4n) is 1.87. The molecule has 3 rings (SSSR count). The Bertz CT molecular complexity index is 787. The first-order valence-corrected chi connectivity index (χ1v) is 6.21. The summed E-state index contributed by atoms with van der Waals surface area (Å²) >= 11 is 0. The van der Waals surface area contributed by atoms with E-state index in [9.17, 15) is 4.79 Å². The SMILES string of the molecule is NNc1cnc(C(=O)Nc2ccc3ncccc3c2)cn1. The van der Waals surface area contributed by atoms with Crippen molar-refractivity contribution < 1.29 is 4.79 Å². The number of anilines is 2. The van der Waals surface area contributed by atoms with Gasteiger partial charge >= 0.3 is 0 Å². The molecular formula is C14H12N6O. The first kappa shape index (κ1) is 12.9. The maximum absolute atomic E-state index is 12.1. The topological polar surface area (TPSA) is 106 Å². The Morgan fingerprint density at radius 3 is 2.76 bits per heavy atom. The minimum absolute atomic E-state index is 0.209. The molecule has 0 aliphatic heterocycles. The summed E-state index contributed by atoms with van der Waals surface area (Å²) in [5.41, 5.74) is 4.10. The Labute approximate surface area is 120 Å². The fourth-order valence-corrected chi connectivity index (χ4v) is 1.87. The quantitative estimate of drug-likeness (QED) is 0.496. The molecule has 7 heteroatoms. The van der Waals surface area contributed by atoms with Gasteiger partial charge in [-0.05, 0) is 24.3 Å². The van der Waals surface area contributed by atoms with Gasteiger partial charge in [-0.2, -0.15) is 0 Å². The molecule has 0 fully saturated rings. The van der Waals surface area contributed by atoms with E-state index < -0.39 is 0 Å². The lowest BCUT2D eigenvalue weighted by Gasteiger charge is -2.06. The van der Waals surface area contributed by atoms with E-state index in [0.717, 1.165) is 10.9 Å². The van der Waals surface area contributed by atoms with Gasteiger partial charge in [0, 0.05) is 17.3 Å². The second kappa shape index (κ2) is 5.51. The van der Waals surface area contributed by atoms with Crippen LogP contribution in [0, 0.1) is 0 Å². The van der Waals surface area contributed by atoms with Crippen LogP contribution in [0.4, 0.5) is 11.5 Å². The van der Waals surface area contributed by atoms with Crippen molar-refractivity contribution in [3.63, 3.8) is 0 Å². The molecule has 0 saturated carbocycles. The van der Waals surface area contributed by atoms with Crippen molar-refractivity contribution in [2.24, 2.45) is 5.84 Å². The number of nitrogens with zero attached hydrogens (tertiary/aromatic N) is 3. The highest BCUT2D eigenvalue weighted by atomic mass is 16.1. The highest BCUT2D eigenvalue weighted by Gasteiger charge is 2.08. The van der Waals surface area contributed by atoms with Gasteiger partial charge in [-0.15, -0.1) is 0 Å². The molecule has 2 aromatic heterocycles. The molecule has 0 spiro atoms. The Kier molecular flexibility index (Phi) is 3.40. The minimum Gasteiger partial charge on any atom is -0.321 e. The minimum atomic E-state index is -0.339. The maximum atomic E-state index is 12.1. The molecule has 0 unspecified atom stereocenters. The number of hydrogen-bond acceptors (Lipinski definition) is 6. The normalized spacial score (nSPS) is 10.3. The molecule has 0 aliphatic rings. The first-order chi connectivity index (χ1) is 10.3. The van der Waals surface area contributed by atoms with Gasteiger partial charge in [0.25, 0.3) is 5.91 Å². The highest BCUT2D eigenvalue weighted by Crippen LogP contribution is 2.17. The van der Waals surface area contributed by atoms with Gasteiger partial charge in [-0.1, -0.05) is 6.07 Å². The zero-order valence-electron chi connectivity index (χ0n) is 10.9. The van der Waals surface area contributed by atoms with Crippen LogP contribution < -0.4 is 16.6 Å². The Hall–Kier alpha value is -3.06. The summed E-state index contributed by atoms with van der Waals surface area (Å²) in [6.45, 7) is 0. The summed E-state index contributed by atoms with van der Waals surface area (Å²) in [6, 6.07) is 9.26. The second-order valence-corrected chi connectivity index (χ2v) is 4.30. The summed E-state index contributed by atoms with van der Waals surface area (Å²) in [7, 11) is 0. The van der Waals surface area contributed by atoms with Crippen LogP contribution in [-0.2, 0) is 0 Å². The maximum Gasteiger partial charge on any atom is 0.275 e. The summed E-state index contributed by atoms with van der Waals surface area (Å²) < 4.78 is 0. The van der Waals surface area contributed by atoms with E-state index in [1.165, 1.54) is 12.4 Å². The number of rotatable bonds is 3. The van der Waals surface area contributed by atoms with Crippen molar-refractivity contribution in [1.82, 2.24) is 15.0 Å². The van der Waals surface area contributed by atoms with Crippen LogP contribution in [0.2, 0.25) is 0 Å². The Balaban J connectivity index is 1.81. The van der Waals surface area contributed by atoms with Gasteiger partial charge in [0.15, 0.2) is 5.82 Å². The van der Waals surface area contributed by atoms with Crippen LogP contribution in [0.5, 0.6) is 0 Å². The smallest absolute Gasteiger partial charge is 0.275 e. The van der Waals surface area contributed by atoms with E-state index in [2.05, 4.69) is 25.7 Å². The van der Waals surface area contributed by atoms with Gasteiger partial charge in [0.1, 0.15) is 5.69 Å². The summed E-state index contributed by atoms with van der Waals surface area (Å²) in [4.78, 5) is 24.2. The number of benzene rings is 1. The van der Waals surface area contributed by atoms with E-state index in [-0.39, 0.29) is 11.6 Å². The van der Waals surface area contributed by atoms with Crippen molar-refractivity contribution >= 4 is 28.3 Å². The van der Waals surface area contributed by atoms with Gasteiger partial charge in [-0.25, -0.2) is 15.8 Å². The second-order valence-electron chi connectivity index (χ2n) is 4.30. The lowest BCUT2D eigenvalue weighted by atomic mass is 10.2. The highest BCUT2D eigenvalue weighted by molar-refractivity contribution is 6.03. The molecule has 0 aliphatic carbocycles. The monoisotopic (exact) mass is 280 g/mol. The molecule has 1 aromatic carbocycles. The number of hydrogen-bond donors (Lipinski definition) is 3. The third kappa shape index (κ3) is 2.77. The van der Waals surface area contributed by atoms with E-state index >= 15 is 0 Å². The Morgan fingerprint density at radius 2 is 2.00 bits per heavy atom. The van der Waals surface area contributed by atoms with Gasteiger partial charge in [0.05, 0.1) is 17.9 Å². The lowest BCUT2D eigenvalue weighted by Crippen LogP contribution is -2.15. The predicted molar refractivity (Wildman–Crippen MR) is 79.5 cm³/mol. The molecule has 0 atom stereocenters. The van der Waals surface area contributed by atoms with Crippen molar-refractivity contribution in [3.05, 3.63) is 54.6 Å². The average molecular weight is 280 g/mol. The molecule has 104 valence electrons. The van der Waals surface area contributed by atoms with Crippen LogP contribution >= 0.6 is 0 Å². The number of carbonyl (C=O) groups is 1. The van der Waals surface area contributed by atoms with Crippen molar-refractivity contribution in [1.29, 1.82) is 0 Å². The largest absolute Gasteiger partial charge is 0.321 e. The average Bonchev–Trinajstić information content (AvgIpc) is 2.55. The summed E-state index contributed by atoms with van der Waals surface area (Å²) in [6.07, 6.45) is 4.47. The molecule has 2 heterocycles. The van der Waals surface area contributed by atoms with Crippen LogP contribution in [0.1, 0.15) is 10.5 Å². The lowest BCUT2D eigenvalue weighted by molar-refractivity contribution is 0.102. The number of amides is 1. The predicted octanol–water partition coefficient (Wildman–Crippen LogP) is 1.56. The number of fused-ring (bicyclic) bond motifs is 1. The van der Waals surface area contributed by atoms with Crippen molar-refractivity contribution in [3.8, 4) is 0 Å². The number of pyridine rings is 1. The number of nitrogens with two attached hydrogens (primary N) is 1. The molecule has 7 nitrogen and oxygen atoms in total. The molecule has 0 radical (unpaired) electrons. The third-order valence-corrected chi connectivity index (χ3v) is 2.89. The molecule has 3 aromatic rings. The molecule has 1 amide bonds. The number of hydrazine groups is 1. The zero-order valence-corrected chi connectivity index (χ0v) is 10.9. The van der Waals surface area contributed by atoms with Gasteiger partial charge in [-0.3, -0.25) is 9.78 Å². The van der Waals surface area contributed by atoms with E-state index in [1.807, 2.05) is 24.3 Å². The van der Waals surface area contributed by atoms with Crippen LogP contribution in [0.15, 0.2) is 48.9 Å². The number of carbonyl (C=O) groups excluding carboxylic acids is 1. The van der Waals surface area contributed by atoms with Crippen molar-refractivity contribution in [2.45, 2.75) is 0 Å². The molecule has 21 heavy (non-hydrogen) atoms. The number of nitrogens with one attached hydrogen (secondary N) is 2. The molecule has 0 saturated heterocycles. The third-order valence-electron chi connectivity index (χ3n) is 2.89. The molecular weight excluding hydrogens is 268 g/mol. The van der Waals surface area contributed by atoms with Crippen LogP contribution in [-0.4, -0.2) is 20.9 Å². The standard InChI is InChI=1S/C14H12N6O/c15-20-13-8-17-12(7-18-13)14(21)19-10-3-4-11-9(6-10)2-1-5-16-11/h1-8H,15H2,(H,18,20)(H,19,21). The zero-order chi connectivity index (χ0) is 14.7. The summed E-state index contributed by atoms with van der Waals surface area (Å²) in [5.74, 6) is 5.25. The van der Waals surface area contributed by atoms with Crippen molar-refractivity contribution in [2.75, 3.05) is 10.7 Å². The first-order valence-electron chi connectivity index (χ1n) is 6.21. The summed E-state index contributed by atoms with van der Waals surface area (Å²) in [5, 5.41) is 3.72. The Morgan fingerprint density at radius 1 is 1.10 bits per heavy atom. The number of aromatic nitrogens is 3. The fraction of sp³-hybridized carbons (Fsp3) is 0. The van der Waals surface area contributed by atoms with Gasteiger partial charge in [0.2, 0.25) is 0 Å². The van der Waals surface area contributed by atoms with E-state index in [4.69, 9.17) is 5.84 Å². The van der Waals surface area contributed by atoms with Gasteiger partial charge < -0.3 is 10.7 Å². The molecule has 4 N–H and O–H groups in total. The number of nitrogen functional groups attached to an aromatic ring is 1.